The zero-order valence-electron chi connectivity index (χ0n) is 20.6. The summed E-state index contributed by atoms with van der Waals surface area (Å²) in [7, 11) is 0.223. The number of ether oxygens (including phenoxy) is 1. The van der Waals surface area contributed by atoms with Crippen molar-refractivity contribution in [1.82, 2.24) is 14.5 Å². The third-order valence-electron chi connectivity index (χ3n) is 6.30. The lowest BCUT2D eigenvalue weighted by molar-refractivity contribution is -0.149. The first kappa shape index (κ1) is 27.0. The molecule has 0 amide bonds. The molecule has 0 radical (unpaired) electrons. The predicted octanol–water partition coefficient (Wildman–Crippen LogP) is 2.73. The van der Waals surface area contributed by atoms with Crippen LogP contribution in [0.2, 0.25) is 0 Å². The third-order valence-corrected chi connectivity index (χ3v) is 8.19. The maximum atomic E-state index is 13.2. The van der Waals surface area contributed by atoms with Gasteiger partial charge in [0.15, 0.2) is 5.78 Å². The number of carbonyl (C=O) groups is 2. The average molecular weight is 502 g/mol. The molecule has 190 valence electrons. The molecule has 0 aromatic heterocycles. The number of nitrogens with zero attached hydrogens (tertiary/aromatic N) is 2. The van der Waals surface area contributed by atoms with Crippen LogP contribution in [0, 0.1) is 5.92 Å². The van der Waals surface area contributed by atoms with Gasteiger partial charge in [-0.3, -0.25) is 9.59 Å². The molecule has 1 saturated heterocycles. The van der Waals surface area contributed by atoms with E-state index in [1.54, 1.807) is 19.1 Å². The molecule has 1 atom stereocenters. The Kier molecular flexibility index (Phi) is 9.56. The van der Waals surface area contributed by atoms with Crippen molar-refractivity contribution in [2.75, 3.05) is 46.9 Å². The largest absolute Gasteiger partial charge is 0.466 e. The number of benzene rings is 2. The van der Waals surface area contributed by atoms with E-state index in [-0.39, 0.29) is 48.2 Å². The highest BCUT2D eigenvalue weighted by molar-refractivity contribution is 7.89. The summed E-state index contributed by atoms with van der Waals surface area (Å²) in [6.45, 7) is 3.25. The molecule has 1 aliphatic heterocycles. The van der Waals surface area contributed by atoms with Crippen molar-refractivity contribution in [3.05, 3.63) is 65.7 Å². The molecule has 1 fully saturated rings. The van der Waals surface area contributed by atoms with Gasteiger partial charge in [0.05, 0.1) is 24.0 Å². The van der Waals surface area contributed by atoms with Gasteiger partial charge in [0.25, 0.3) is 0 Å². The molecule has 0 aliphatic carbocycles. The van der Waals surface area contributed by atoms with E-state index in [1.165, 1.54) is 16.4 Å². The van der Waals surface area contributed by atoms with Crippen LogP contribution in [-0.2, 0) is 19.6 Å². The summed E-state index contributed by atoms with van der Waals surface area (Å²) in [5.74, 6) is -0.718. The van der Waals surface area contributed by atoms with Gasteiger partial charge < -0.3 is 15.0 Å². The Hall–Kier alpha value is -2.59. The molecule has 1 aliphatic rings. The summed E-state index contributed by atoms with van der Waals surface area (Å²) >= 11 is 0. The maximum absolute atomic E-state index is 13.2. The summed E-state index contributed by atoms with van der Waals surface area (Å²) in [4.78, 5) is 27.0. The van der Waals surface area contributed by atoms with E-state index < -0.39 is 10.0 Å². The molecule has 8 nitrogen and oxygen atoms in total. The highest BCUT2D eigenvalue weighted by Crippen LogP contribution is 2.25. The van der Waals surface area contributed by atoms with Crippen molar-refractivity contribution >= 4 is 21.8 Å². The molecular weight excluding hydrogens is 466 g/mol. The number of carbonyl (C=O) groups excluding carboxylic acids is 2. The van der Waals surface area contributed by atoms with Gasteiger partial charge in [-0.15, -0.1) is 0 Å². The zero-order chi connectivity index (χ0) is 25.4. The number of piperidine rings is 1. The van der Waals surface area contributed by atoms with E-state index in [4.69, 9.17) is 4.74 Å². The van der Waals surface area contributed by atoms with Gasteiger partial charge >= 0.3 is 5.97 Å². The minimum Gasteiger partial charge on any atom is -0.466 e. The Labute approximate surface area is 208 Å². The van der Waals surface area contributed by atoms with Gasteiger partial charge in [-0.05, 0) is 51.6 Å². The first-order valence-electron chi connectivity index (χ1n) is 12.0. The van der Waals surface area contributed by atoms with Crippen molar-refractivity contribution in [2.45, 2.75) is 30.7 Å². The first-order valence-corrected chi connectivity index (χ1v) is 13.4. The van der Waals surface area contributed by atoms with Gasteiger partial charge in [-0.1, -0.05) is 42.5 Å². The van der Waals surface area contributed by atoms with Crippen molar-refractivity contribution < 1.29 is 22.7 Å². The summed E-state index contributed by atoms with van der Waals surface area (Å²) in [5, 5.41) is 3.22. The number of hydrogen-bond acceptors (Lipinski definition) is 7. The minimum absolute atomic E-state index is 0.0911. The second-order valence-electron chi connectivity index (χ2n) is 8.90. The molecule has 0 bridgehead atoms. The van der Waals surface area contributed by atoms with E-state index in [2.05, 4.69) is 22.3 Å². The van der Waals surface area contributed by atoms with Gasteiger partial charge in [0, 0.05) is 31.2 Å². The van der Waals surface area contributed by atoms with Gasteiger partial charge in [0.1, 0.15) is 0 Å². The smallest absolute Gasteiger partial charge is 0.309 e. The number of rotatable bonds is 11. The fourth-order valence-electron chi connectivity index (χ4n) is 4.27. The maximum Gasteiger partial charge on any atom is 0.309 e. The van der Waals surface area contributed by atoms with E-state index in [9.17, 15) is 18.0 Å². The van der Waals surface area contributed by atoms with E-state index in [1.807, 2.05) is 32.3 Å². The van der Waals surface area contributed by atoms with Crippen LogP contribution < -0.4 is 5.32 Å². The van der Waals surface area contributed by atoms with Crippen LogP contribution >= 0.6 is 0 Å². The van der Waals surface area contributed by atoms with Crippen LogP contribution in [-0.4, -0.2) is 76.3 Å². The molecule has 35 heavy (non-hydrogen) atoms. The van der Waals surface area contributed by atoms with E-state index in [0.717, 1.165) is 5.56 Å². The van der Waals surface area contributed by atoms with Crippen LogP contribution in [0.25, 0.3) is 0 Å². The lowest BCUT2D eigenvalue weighted by Crippen LogP contribution is -2.40. The topological polar surface area (TPSA) is 96.0 Å². The van der Waals surface area contributed by atoms with Crippen LogP contribution in [0.15, 0.2) is 59.5 Å². The SMILES string of the molecule is CCOC(=O)C1CCN(S(=O)(=O)c2cccc(C(=O)CNCC(c3ccccc3)N(C)C)c2)CC1. The highest BCUT2D eigenvalue weighted by atomic mass is 32.2. The van der Waals surface area contributed by atoms with Crippen LogP contribution in [0.1, 0.15) is 41.7 Å². The standard InChI is InChI=1S/C26H35N3O5S/c1-4-34-26(31)21-13-15-29(16-14-21)35(32,33)23-12-8-11-22(17-23)25(30)19-27-18-24(28(2)3)20-9-6-5-7-10-20/h5-12,17,21,24,27H,4,13-16,18-19H2,1-3H3. The molecule has 1 heterocycles. The molecule has 0 spiro atoms. The van der Waals surface area contributed by atoms with E-state index in [0.29, 0.717) is 31.6 Å². The Morgan fingerprint density at radius 3 is 2.40 bits per heavy atom. The van der Waals surface area contributed by atoms with Crippen molar-refractivity contribution in [3.8, 4) is 0 Å². The molecule has 2 aromatic rings. The lowest BCUT2D eigenvalue weighted by atomic mass is 9.98. The number of nitrogens with one attached hydrogen (secondary N) is 1. The molecule has 0 saturated carbocycles. The molecule has 1 unspecified atom stereocenters. The second-order valence-corrected chi connectivity index (χ2v) is 10.8. The Balaban J connectivity index is 1.61. The van der Waals surface area contributed by atoms with Gasteiger partial charge in [0.2, 0.25) is 10.0 Å². The monoisotopic (exact) mass is 501 g/mol. The average Bonchev–Trinajstić information content (AvgIpc) is 2.87. The minimum atomic E-state index is -3.76. The summed E-state index contributed by atoms with van der Waals surface area (Å²) in [5.41, 5.74) is 1.50. The Bertz CT molecular complexity index is 1100. The van der Waals surface area contributed by atoms with Gasteiger partial charge in [-0.2, -0.15) is 4.31 Å². The first-order chi connectivity index (χ1) is 16.7. The summed E-state index contributed by atoms with van der Waals surface area (Å²) in [6, 6.07) is 16.3. The number of Topliss-reactive ketones (excluding diaryl/α,β-unsaturated/α-hetero) is 1. The van der Waals surface area contributed by atoms with Crippen molar-refractivity contribution in [2.24, 2.45) is 5.92 Å². The van der Waals surface area contributed by atoms with Crippen LogP contribution in [0.4, 0.5) is 0 Å². The molecular formula is C26H35N3O5S. The number of esters is 1. The van der Waals surface area contributed by atoms with Crippen molar-refractivity contribution in [3.63, 3.8) is 0 Å². The normalized spacial score (nSPS) is 16.2. The molecule has 1 N–H and O–H groups in total. The Morgan fingerprint density at radius 2 is 1.77 bits per heavy atom. The fraction of sp³-hybridized carbons (Fsp3) is 0.462. The lowest BCUT2D eigenvalue weighted by Gasteiger charge is -2.30. The Morgan fingerprint density at radius 1 is 1.09 bits per heavy atom. The molecule has 9 heteroatoms. The number of hydrogen-bond donors (Lipinski definition) is 1. The highest BCUT2D eigenvalue weighted by Gasteiger charge is 2.33. The third kappa shape index (κ3) is 6.98. The summed E-state index contributed by atoms with van der Waals surface area (Å²) in [6.07, 6.45) is 0.851. The second kappa shape index (κ2) is 12.4. The molecule has 3 rings (SSSR count). The number of sulfonamides is 1. The zero-order valence-corrected chi connectivity index (χ0v) is 21.5. The van der Waals surface area contributed by atoms with Crippen LogP contribution in [0.3, 0.4) is 0 Å². The van der Waals surface area contributed by atoms with Crippen molar-refractivity contribution in [1.29, 1.82) is 0 Å². The fourth-order valence-corrected chi connectivity index (χ4v) is 5.79. The predicted molar refractivity (Wildman–Crippen MR) is 135 cm³/mol. The quantitative estimate of drug-likeness (QED) is 0.374. The molecule has 2 aromatic carbocycles. The summed E-state index contributed by atoms with van der Waals surface area (Å²) < 4.78 is 32.8. The van der Waals surface area contributed by atoms with Gasteiger partial charge in [-0.25, -0.2) is 8.42 Å². The number of ketones is 1. The van der Waals surface area contributed by atoms with Crippen LogP contribution in [0.5, 0.6) is 0 Å². The van der Waals surface area contributed by atoms with E-state index >= 15 is 0 Å². The number of likely N-dealkylation sites (N-methyl/N-ethyl adjacent to an activating group) is 1.